The fourth-order valence-electron chi connectivity index (χ4n) is 2.09. The summed E-state index contributed by atoms with van der Waals surface area (Å²) in [6.07, 6.45) is 1.15. The first-order chi connectivity index (χ1) is 9.87. The fraction of sp³-hybridized carbons (Fsp3) is 0.500. The van der Waals surface area contributed by atoms with E-state index in [2.05, 4.69) is 10.0 Å². The van der Waals surface area contributed by atoms with Gasteiger partial charge in [-0.15, -0.1) is 0 Å². The number of nitrogens with one attached hydrogen (secondary N) is 2. The van der Waals surface area contributed by atoms with Crippen LogP contribution in [0, 0.1) is 0 Å². The standard InChI is InChI=1S/C14H20N2O4S/c1-10(2)20-12-4-6-13(7-5-12)21(18,19)15-9-11-3-8-14(17)16-11/h4-7,10-11,15H,3,8-9H2,1-2H3,(H,16,17). The van der Waals surface area contributed by atoms with Crippen molar-refractivity contribution >= 4 is 15.9 Å². The molecule has 1 fully saturated rings. The number of benzene rings is 1. The second-order valence-corrected chi connectivity index (χ2v) is 7.06. The first kappa shape index (κ1) is 15.8. The van der Waals surface area contributed by atoms with E-state index in [0.29, 0.717) is 18.6 Å². The van der Waals surface area contributed by atoms with E-state index in [-0.39, 0.29) is 29.5 Å². The molecule has 0 bridgehead atoms. The average molecular weight is 312 g/mol. The molecule has 7 heteroatoms. The van der Waals surface area contributed by atoms with E-state index in [1.165, 1.54) is 12.1 Å². The minimum absolute atomic E-state index is 0.0330. The molecule has 0 saturated carbocycles. The van der Waals surface area contributed by atoms with E-state index in [4.69, 9.17) is 4.74 Å². The Morgan fingerprint density at radius 1 is 1.33 bits per heavy atom. The number of sulfonamides is 1. The van der Waals surface area contributed by atoms with Crippen molar-refractivity contribution in [2.24, 2.45) is 0 Å². The lowest BCUT2D eigenvalue weighted by Gasteiger charge is -2.13. The van der Waals surface area contributed by atoms with Gasteiger partial charge in [-0.05, 0) is 44.5 Å². The summed E-state index contributed by atoms with van der Waals surface area (Å²) in [4.78, 5) is 11.3. The first-order valence-corrected chi connectivity index (χ1v) is 8.41. The summed E-state index contributed by atoms with van der Waals surface area (Å²) in [5.74, 6) is 0.599. The summed E-state index contributed by atoms with van der Waals surface area (Å²) >= 11 is 0. The smallest absolute Gasteiger partial charge is 0.240 e. The van der Waals surface area contributed by atoms with Crippen LogP contribution in [0.1, 0.15) is 26.7 Å². The number of carbonyl (C=O) groups excluding carboxylic acids is 1. The quantitative estimate of drug-likeness (QED) is 0.822. The number of hydrogen-bond acceptors (Lipinski definition) is 4. The van der Waals surface area contributed by atoms with E-state index < -0.39 is 10.0 Å². The Bertz CT molecular complexity index is 596. The molecule has 1 unspecified atom stereocenters. The van der Waals surface area contributed by atoms with Crippen molar-refractivity contribution in [3.05, 3.63) is 24.3 Å². The van der Waals surface area contributed by atoms with E-state index in [0.717, 1.165) is 0 Å². The van der Waals surface area contributed by atoms with Crippen LogP contribution in [0.2, 0.25) is 0 Å². The predicted octanol–water partition coefficient (Wildman–Crippen LogP) is 1.03. The zero-order valence-electron chi connectivity index (χ0n) is 12.1. The highest BCUT2D eigenvalue weighted by Gasteiger charge is 2.23. The zero-order valence-corrected chi connectivity index (χ0v) is 12.9. The maximum atomic E-state index is 12.1. The third kappa shape index (κ3) is 4.44. The van der Waals surface area contributed by atoms with Crippen molar-refractivity contribution in [2.75, 3.05) is 6.54 Å². The fourth-order valence-corrected chi connectivity index (χ4v) is 3.18. The molecular formula is C14H20N2O4S. The Balaban J connectivity index is 1.97. The van der Waals surface area contributed by atoms with Crippen molar-refractivity contribution in [3.8, 4) is 5.75 Å². The van der Waals surface area contributed by atoms with Crippen molar-refractivity contribution in [1.29, 1.82) is 0 Å². The van der Waals surface area contributed by atoms with Gasteiger partial charge in [-0.25, -0.2) is 13.1 Å². The third-order valence-corrected chi connectivity index (χ3v) is 4.55. The van der Waals surface area contributed by atoms with Gasteiger partial charge in [0.1, 0.15) is 5.75 Å². The molecule has 1 atom stereocenters. The van der Waals surface area contributed by atoms with Crippen molar-refractivity contribution in [1.82, 2.24) is 10.0 Å². The normalized spacial score (nSPS) is 18.8. The van der Waals surface area contributed by atoms with Gasteiger partial charge >= 0.3 is 0 Å². The van der Waals surface area contributed by atoms with E-state index in [1.54, 1.807) is 12.1 Å². The van der Waals surface area contributed by atoms with Gasteiger partial charge in [-0.3, -0.25) is 4.79 Å². The monoisotopic (exact) mass is 312 g/mol. The molecule has 21 heavy (non-hydrogen) atoms. The topological polar surface area (TPSA) is 84.5 Å². The molecule has 0 radical (unpaired) electrons. The minimum atomic E-state index is -3.57. The van der Waals surface area contributed by atoms with Crippen LogP contribution in [0.3, 0.4) is 0 Å². The van der Waals surface area contributed by atoms with Crippen LogP contribution in [-0.4, -0.2) is 33.0 Å². The molecule has 0 aliphatic carbocycles. The maximum absolute atomic E-state index is 12.1. The van der Waals surface area contributed by atoms with Crippen LogP contribution in [0.25, 0.3) is 0 Å². The maximum Gasteiger partial charge on any atom is 0.240 e. The molecule has 1 heterocycles. The van der Waals surface area contributed by atoms with Crippen LogP contribution in [0.15, 0.2) is 29.2 Å². The number of carbonyl (C=O) groups is 1. The SMILES string of the molecule is CC(C)Oc1ccc(S(=O)(=O)NCC2CCC(=O)N2)cc1. The highest BCUT2D eigenvalue weighted by molar-refractivity contribution is 7.89. The van der Waals surface area contributed by atoms with Gasteiger partial charge in [0.05, 0.1) is 11.0 Å². The molecule has 1 aromatic rings. The van der Waals surface area contributed by atoms with Crippen LogP contribution < -0.4 is 14.8 Å². The Kier molecular flexibility index (Phi) is 4.84. The third-order valence-electron chi connectivity index (χ3n) is 3.11. The Hall–Kier alpha value is -1.60. The molecule has 1 saturated heterocycles. The average Bonchev–Trinajstić information content (AvgIpc) is 2.82. The second-order valence-electron chi connectivity index (χ2n) is 5.29. The number of rotatable bonds is 6. The van der Waals surface area contributed by atoms with Crippen molar-refractivity contribution < 1.29 is 17.9 Å². The predicted molar refractivity (Wildman–Crippen MR) is 78.6 cm³/mol. The molecular weight excluding hydrogens is 292 g/mol. The van der Waals surface area contributed by atoms with E-state index in [1.807, 2.05) is 13.8 Å². The summed E-state index contributed by atoms with van der Waals surface area (Å²) in [6, 6.07) is 6.15. The summed E-state index contributed by atoms with van der Waals surface area (Å²) in [7, 11) is -3.57. The van der Waals surface area contributed by atoms with Gasteiger partial charge in [0.25, 0.3) is 0 Å². The number of hydrogen-bond donors (Lipinski definition) is 2. The van der Waals surface area contributed by atoms with E-state index in [9.17, 15) is 13.2 Å². The van der Waals surface area contributed by atoms with Gasteiger partial charge in [-0.2, -0.15) is 0 Å². The Morgan fingerprint density at radius 2 is 2.00 bits per heavy atom. The molecule has 6 nitrogen and oxygen atoms in total. The molecule has 2 rings (SSSR count). The van der Waals surface area contributed by atoms with Crippen LogP contribution in [0.4, 0.5) is 0 Å². The van der Waals surface area contributed by atoms with Crippen LogP contribution in [-0.2, 0) is 14.8 Å². The number of amides is 1. The lowest BCUT2D eigenvalue weighted by Crippen LogP contribution is -2.38. The summed E-state index contributed by atoms with van der Waals surface area (Å²) < 4.78 is 32.3. The largest absolute Gasteiger partial charge is 0.491 e. The molecule has 0 spiro atoms. The molecule has 116 valence electrons. The first-order valence-electron chi connectivity index (χ1n) is 6.92. The second kappa shape index (κ2) is 6.44. The molecule has 2 N–H and O–H groups in total. The lowest BCUT2D eigenvalue weighted by atomic mass is 10.2. The van der Waals surface area contributed by atoms with Crippen LogP contribution >= 0.6 is 0 Å². The minimum Gasteiger partial charge on any atom is -0.491 e. The van der Waals surface area contributed by atoms with Crippen molar-refractivity contribution in [3.63, 3.8) is 0 Å². The Morgan fingerprint density at radius 3 is 2.52 bits per heavy atom. The number of ether oxygens (including phenoxy) is 1. The van der Waals surface area contributed by atoms with Gasteiger partial charge in [0, 0.05) is 19.0 Å². The molecule has 1 aromatic carbocycles. The lowest BCUT2D eigenvalue weighted by molar-refractivity contribution is -0.119. The van der Waals surface area contributed by atoms with Crippen LogP contribution in [0.5, 0.6) is 5.75 Å². The van der Waals surface area contributed by atoms with Gasteiger partial charge in [-0.1, -0.05) is 0 Å². The molecule has 1 aliphatic rings. The van der Waals surface area contributed by atoms with Gasteiger partial charge < -0.3 is 10.1 Å². The zero-order chi connectivity index (χ0) is 15.5. The highest BCUT2D eigenvalue weighted by atomic mass is 32.2. The van der Waals surface area contributed by atoms with Gasteiger partial charge in [0.2, 0.25) is 15.9 Å². The summed E-state index contributed by atoms with van der Waals surface area (Å²) in [5, 5.41) is 2.72. The highest BCUT2D eigenvalue weighted by Crippen LogP contribution is 2.17. The molecule has 1 amide bonds. The molecule has 0 aromatic heterocycles. The van der Waals surface area contributed by atoms with Crippen molar-refractivity contribution in [2.45, 2.75) is 43.7 Å². The Labute approximate surface area is 124 Å². The summed E-state index contributed by atoms with van der Waals surface area (Å²) in [5.41, 5.74) is 0. The summed E-state index contributed by atoms with van der Waals surface area (Å²) in [6.45, 7) is 4.02. The molecule has 1 aliphatic heterocycles. The van der Waals surface area contributed by atoms with Gasteiger partial charge in [0.15, 0.2) is 0 Å². The van der Waals surface area contributed by atoms with E-state index >= 15 is 0 Å².